The quantitative estimate of drug-likeness (QED) is 0.791. The molecule has 1 heterocycles. The van der Waals surface area contributed by atoms with Crippen molar-refractivity contribution in [1.29, 1.82) is 0 Å². The predicted molar refractivity (Wildman–Crippen MR) is 83.4 cm³/mol. The smallest absolute Gasteiger partial charge is 0.0195 e. The largest absolute Gasteiger partial charge is 0.313 e. The van der Waals surface area contributed by atoms with Gasteiger partial charge in [-0.15, -0.1) is 0 Å². The summed E-state index contributed by atoms with van der Waals surface area (Å²) in [5.41, 5.74) is 0. The second kappa shape index (κ2) is 7.64. The van der Waals surface area contributed by atoms with Crippen molar-refractivity contribution in [3.05, 3.63) is 0 Å². The van der Waals surface area contributed by atoms with Gasteiger partial charge in [-0.3, -0.25) is 0 Å². The number of hydrogen-bond acceptors (Lipinski definition) is 2. The number of nitrogens with zero attached hydrogens (tertiary/aromatic N) is 1. The summed E-state index contributed by atoms with van der Waals surface area (Å²) >= 11 is 0. The molecule has 1 aliphatic carbocycles. The summed E-state index contributed by atoms with van der Waals surface area (Å²) < 4.78 is 0. The fraction of sp³-hybridized carbons (Fsp3) is 1.00. The Morgan fingerprint density at radius 3 is 2.58 bits per heavy atom. The first-order chi connectivity index (χ1) is 9.13. The molecule has 2 nitrogen and oxygen atoms in total. The highest BCUT2D eigenvalue weighted by atomic mass is 15.2. The van der Waals surface area contributed by atoms with Crippen molar-refractivity contribution in [3.63, 3.8) is 0 Å². The van der Waals surface area contributed by atoms with Gasteiger partial charge < -0.3 is 10.2 Å². The molecule has 0 bridgehead atoms. The van der Waals surface area contributed by atoms with Gasteiger partial charge in [-0.05, 0) is 50.0 Å². The van der Waals surface area contributed by atoms with Crippen molar-refractivity contribution in [2.75, 3.05) is 26.2 Å². The molecule has 0 aromatic heterocycles. The van der Waals surface area contributed by atoms with Crippen LogP contribution in [0.2, 0.25) is 0 Å². The zero-order valence-electron chi connectivity index (χ0n) is 13.3. The van der Waals surface area contributed by atoms with Crippen LogP contribution >= 0.6 is 0 Å². The molecule has 19 heavy (non-hydrogen) atoms. The van der Waals surface area contributed by atoms with Crippen LogP contribution in [0.1, 0.15) is 59.3 Å². The topological polar surface area (TPSA) is 15.3 Å². The lowest BCUT2D eigenvalue weighted by molar-refractivity contribution is 0.156. The molecule has 1 saturated heterocycles. The van der Waals surface area contributed by atoms with Crippen molar-refractivity contribution in [3.8, 4) is 0 Å². The van der Waals surface area contributed by atoms with Gasteiger partial charge in [0.2, 0.25) is 0 Å². The fourth-order valence-corrected chi connectivity index (χ4v) is 4.05. The van der Waals surface area contributed by atoms with Crippen LogP contribution in [-0.2, 0) is 0 Å². The maximum Gasteiger partial charge on any atom is 0.0195 e. The Kier molecular flexibility index (Phi) is 6.15. The first-order valence-electron chi connectivity index (χ1n) is 8.59. The molecule has 1 saturated carbocycles. The molecule has 2 fully saturated rings. The van der Waals surface area contributed by atoms with Crippen LogP contribution in [0.15, 0.2) is 0 Å². The van der Waals surface area contributed by atoms with E-state index in [9.17, 15) is 0 Å². The van der Waals surface area contributed by atoms with E-state index < -0.39 is 0 Å². The van der Waals surface area contributed by atoms with Crippen LogP contribution in [0.5, 0.6) is 0 Å². The summed E-state index contributed by atoms with van der Waals surface area (Å²) in [6.45, 7) is 12.3. The number of nitrogens with one attached hydrogen (secondary N) is 1. The molecule has 0 amide bonds. The standard InChI is InChI=1S/C17H34N2/c1-14(2)11-19(13-17-8-5-9-18-17)12-16-7-4-6-15(3)10-16/h14-18H,4-13H2,1-3H3. The van der Waals surface area contributed by atoms with E-state index in [0.717, 1.165) is 23.8 Å². The minimum atomic E-state index is 0.764. The van der Waals surface area contributed by atoms with Gasteiger partial charge in [-0.1, -0.05) is 33.6 Å². The number of hydrogen-bond donors (Lipinski definition) is 1. The fourth-order valence-electron chi connectivity index (χ4n) is 4.05. The van der Waals surface area contributed by atoms with Crippen molar-refractivity contribution >= 4 is 0 Å². The minimum Gasteiger partial charge on any atom is -0.313 e. The summed E-state index contributed by atoms with van der Waals surface area (Å²) in [6.07, 6.45) is 8.62. The molecule has 2 heteroatoms. The average Bonchev–Trinajstić information content (AvgIpc) is 2.80. The average molecular weight is 266 g/mol. The highest BCUT2D eigenvalue weighted by molar-refractivity contribution is 4.81. The van der Waals surface area contributed by atoms with E-state index in [-0.39, 0.29) is 0 Å². The molecule has 1 N–H and O–H groups in total. The molecular formula is C17H34N2. The van der Waals surface area contributed by atoms with Gasteiger partial charge in [0.25, 0.3) is 0 Å². The lowest BCUT2D eigenvalue weighted by Crippen LogP contribution is -2.42. The first-order valence-corrected chi connectivity index (χ1v) is 8.59. The van der Waals surface area contributed by atoms with E-state index in [2.05, 4.69) is 31.0 Å². The summed E-state index contributed by atoms with van der Waals surface area (Å²) in [5.74, 6) is 2.72. The summed E-state index contributed by atoms with van der Waals surface area (Å²) in [4.78, 5) is 2.76. The van der Waals surface area contributed by atoms with Gasteiger partial charge in [-0.2, -0.15) is 0 Å². The normalized spacial score (nSPS) is 32.4. The molecule has 0 aromatic carbocycles. The third-order valence-electron chi connectivity index (χ3n) is 4.83. The van der Waals surface area contributed by atoms with Crippen LogP contribution in [-0.4, -0.2) is 37.1 Å². The predicted octanol–water partition coefficient (Wildman–Crippen LogP) is 3.52. The lowest BCUT2D eigenvalue weighted by atomic mass is 9.82. The SMILES string of the molecule is CC(C)CN(CC1CCCC(C)C1)CC1CCCN1. The van der Waals surface area contributed by atoms with Crippen molar-refractivity contribution < 1.29 is 0 Å². The Morgan fingerprint density at radius 2 is 1.95 bits per heavy atom. The summed E-state index contributed by atoms with van der Waals surface area (Å²) in [7, 11) is 0. The Morgan fingerprint density at radius 1 is 1.11 bits per heavy atom. The molecule has 0 aromatic rings. The molecule has 0 radical (unpaired) electrons. The second-order valence-electron chi connectivity index (χ2n) is 7.54. The Balaban J connectivity index is 1.81. The van der Waals surface area contributed by atoms with E-state index >= 15 is 0 Å². The Bertz CT molecular complexity index is 246. The minimum absolute atomic E-state index is 0.764. The molecular weight excluding hydrogens is 232 g/mol. The van der Waals surface area contributed by atoms with Crippen LogP contribution in [0.4, 0.5) is 0 Å². The molecule has 0 spiro atoms. The van der Waals surface area contributed by atoms with Gasteiger partial charge in [-0.25, -0.2) is 0 Å². The molecule has 2 aliphatic rings. The van der Waals surface area contributed by atoms with Gasteiger partial charge in [0.1, 0.15) is 0 Å². The van der Waals surface area contributed by atoms with Crippen LogP contribution in [0.3, 0.4) is 0 Å². The second-order valence-corrected chi connectivity index (χ2v) is 7.54. The highest BCUT2D eigenvalue weighted by Crippen LogP contribution is 2.29. The van der Waals surface area contributed by atoms with E-state index in [4.69, 9.17) is 0 Å². The van der Waals surface area contributed by atoms with E-state index in [1.165, 1.54) is 64.7 Å². The zero-order valence-corrected chi connectivity index (χ0v) is 13.3. The monoisotopic (exact) mass is 266 g/mol. The van der Waals surface area contributed by atoms with Crippen molar-refractivity contribution in [2.45, 2.75) is 65.3 Å². The van der Waals surface area contributed by atoms with Gasteiger partial charge in [0, 0.05) is 25.7 Å². The van der Waals surface area contributed by atoms with Crippen molar-refractivity contribution in [1.82, 2.24) is 10.2 Å². The van der Waals surface area contributed by atoms with E-state index in [1.807, 2.05) is 0 Å². The number of rotatable bonds is 6. The van der Waals surface area contributed by atoms with Crippen molar-refractivity contribution in [2.24, 2.45) is 17.8 Å². The summed E-state index contributed by atoms with van der Waals surface area (Å²) in [5, 5.41) is 3.66. The molecule has 112 valence electrons. The zero-order chi connectivity index (χ0) is 13.7. The third-order valence-corrected chi connectivity index (χ3v) is 4.83. The van der Waals surface area contributed by atoms with Gasteiger partial charge >= 0.3 is 0 Å². The third kappa shape index (κ3) is 5.43. The van der Waals surface area contributed by atoms with E-state index in [1.54, 1.807) is 0 Å². The van der Waals surface area contributed by atoms with Crippen LogP contribution < -0.4 is 5.32 Å². The van der Waals surface area contributed by atoms with Gasteiger partial charge in [0.15, 0.2) is 0 Å². The van der Waals surface area contributed by atoms with Crippen LogP contribution in [0.25, 0.3) is 0 Å². The lowest BCUT2D eigenvalue weighted by Gasteiger charge is -2.34. The molecule has 3 atom stereocenters. The Hall–Kier alpha value is -0.0800. The first kappa shape index (κ1) is 15.3. The van der Waals surface area contributed by atoms with Gasteiger partial charge in [0.05, 0.1) is 0 Å². The van der Waals surface area contributed by atoms with Crippen LogP contribution in [0, 0.1) is 17.8 Å². The molecule has 1 aliphatic heterocycles. The Labute approximate surface area is 120 Å². The molecule has 2 rings (SSSR count). The van der Waals surface area contributed by atoms with E-state index in [0.29, 0.717) is 0 Å². The maximum atomic E-state index is 3.66. The highest BCUT2D eigenvalue weighted by Gasteiger charge is 2.24. The molecule has 3 unspecified atom stereocenters. The maximum absolute atomic E-state index is 3.66. The summed E-state index contributed by atoms with van der Waals surface area (Å²) in [6, 6.07) is 0.764.